The second kappa shape index (κ2) is 25.4. The Morgan fingerprint density at radius 1 is 0.846 bits per heavy atom. The third-order valence-corrected chi connectivity index (χ3v) is 15.0. The maximum absolute atomic E-state index is 14.6. The Bertz CT molecular complexity index is 1710. The summed E-state index contributed by atoms with van der Waals surface area (Å²) < 4.78 is 30.0. The number of amides is 1. The molecule has 13 nitrogen and oxygen atoms in total. The Hall–Kier alpha value is -3.04. The summed E-state index contributed by atoms with van der Waals surface area (Å²) in [5.41, 5.74) is 1.38. The van der Waals surface area contributed by atoms with Crippen molar-refractivity contribution in [3.05, 3.63) is 47.6 Å². The normalized spacial score (nSPS) is 41.5. The molecule has 65 heavy (non-hydrogen) atoms. The molecule has 3 N–H and O–H groups in total. The van der Waals surface area contributed by atoms with Crippen LogP contribution in [-0.2, 0) is 42.9 Å². The van der Waals surface area contributed by atoms with Crippen LogP contribution in [0.2, 0.25) is 0 Å². The van der Waals surface area contributed by atoms with Crippen LogP contribution in [0.25, 0.3) is 0 Å². The van der Waals surface area contributed by atoms with Gasteiger partial charge in [-0.15, -0.1) is 0 Å². The van der Waals surface area contributed by atoms with Gasteiger partial charge in [0.25, 0.3) is 0 Å². The van der Waals surface area contributed by atoms with E-state index in [0.717, 1.165) is 12.0 Å². The quantitative estimate of drug-likeness (QED) is 0.180. The molecule has 0 aromatic heterocycles. The van der Waals surface area contributed by atoms with E-state index in [1.807, 2.05) is 65.0 Å². The highest BCUT2D eigenvalue weighted by atomic mass is 16.6. The lowest BCUT2D eigenvalue weighted by Gasteiger charge is -2.47. The molecule has 16 atom stereocenters. The van der Waals surface area contributed by atoms with Crippen molar-refractivity contribution >= 4 is 23.4 Å². The first-order valence-corrected chi connectivity index (χ1v) is 24.4. The zero-order valence-electron chi connectivity index (χ0n) is 41.3. The van der Waals surface area contributed by atoms with Crippen LogP contribution in [0.5, 0.6) is 0 Å². The molecule has 2 bridgehead atoms. The van der Waals surface area contributed by atoms with E-state index in [1.165, 1.54) is 12.0 Å². The topological polar surface area (TPSA) is 178 Å². The number of carbonyl (C=O) groups is 4. The van der Waals surface area contributed by atoms with E-state index in [0.29, 0.717) is 76.3 Å². The molecule has 0 aromatic rings. The van der Waals surface area contributed by atoms with E-state index in [4.69, 9.17) is 23.7 Å². The van der Waals surface area contributed by atoms with Crippen LogP contribution in [-0.4, -0.2) is 126 Å². The van der Waals surface area contributed by atoms with Crippen molar-refractivity contribution in [3.63, 3.8) is 0 Å². The predicted molar refractivity (Wildman–Crippen MR) is 249 cm³/mol. The number of piperidine rings is 1. The molecule has 13 heteroatoms. The Labute approximate surface area is 389 Å². The lowest BCUT2D eigenvalue weighted by molar-refractivity contribution is -0.303. The van der Waals surface area contributed by atoms with Crippen LogP contribution in [0, 0.1) is 41.4 Å². The van der Waals surface area contributed by atoms with Crippen molar-refractivity contribution in [1.82, 2.24) is 4.90 Å². The summed E-state index contributed by atoms with van der Waals surface area (Å²) in [5, 5.41) is 34.2. The van der Waals surface area contributed by atoms with Gasteiger partial charge in [0, 0.05) is 58.5 Å². The third kappa shape index (κ3) is 14.5. The summed E-state index contributed by atoms with van der Waals surface area (Å²) in [5.74, 6) is -5.75. The fraction of sp³-hybridized carbons (Fsp3) is 0.769. The molecule has 1 saturated carbocycles. The minimum atomic E-state index is -1.79. The minimum absolute atomic E-state index is 0.0468. The zero-order chi connectivity index (χ0) is 48.2. The standard InChI is InChI=1S/C52H83NO12/c1-31-17-13-12-14-18-32(2)44(61-9)29-40-22-20-37(7)52(60,65-40)38(8)50(58)53-24-16-15-19-41(53)51(59)64-45(34(4)27-39-21-23-42(54)46(28-39)62-10)30-43(55)33(3)26-36(6)48(57)49(63-11)47(56)35(5)25-31/h12-14,17-18,26,31,33-35,37-42,44-46,48-49,54,57,60H,15-16,19-25,27-30H2,1-11H3/b14-12+,17-13+,32-18+,36-26+. The van der Waals surface area contributed by atoms with Gasteiger partial charge in [-0.3, -0.25) is 14.4 Å². The molecule has 3 aliphatic heterocycles. The van der Waals surface area contributed by atoms with Crippen LogP contribution in [0.4, 0.5) is 0 Å². The molecule has 4 rings (SSSR count). The number of aliphatic hydroxyl groups is 3. The van der Waals surface area contributed by atoms with Crippen molar-refractivity contribution < 1.29 is 58.2 Å². The average molecular weight is 914 g/mol. The highest BCUT2D eigenvalue weighted by Gasteiger charge is 2.51. The minimum Gasteiger partial charge on any atom is -0.460 e. The maximum atomic E-state index is 14.6. The van der Waals surface area contributed by atoms with Crippen LogP contribution in [0.1, 0.15) is 132 Å². The largest absolute Gasteiger partial charge is 0.460 e. The van der Waals surface area contributed by atoms with E-state index in [-0.39, 0.29) is 59.8 Å². The number of esters is 1. The molecule has 1 amide bonds. The number of allylic oxidation sites excluding steroid dienone is 6. The third-order valence-electron chi connectivity index (χ3n) is 15.0. The van der Waals surface area contributed by atoms with E-state index < -0.39 is 66.1 Å². The summed E-state index contributed by atoms with van der Waals surface area (Å²) in [4.78, 5) is 58.5. The zero-order valence-corrected chi connectivity index (χ0v) is 41.3. The molecular formula is C52H83NO12. The van der Waals surface area contributed by atoms with Crippen molar-refractivity contribution in [1.29, 1.82) is 0 Å². The fourth-order valence-electron chi connectivity index (χ4n) is 10.6. The lowest BCUT2D eigenvalue weighted by Crippen LogP contribution is -2.59. The lowest BCUT2D eigenvalue weighted by atomic mass is 9.78. The maximum Gasteiger partial charge on any atom is 0.329 e. The van der Waals surface area contributed by atoms with E-state index in [1.54, 1.807) is 41.1 Å². The van der Waals surface area contributed by atoms with E-state index in [9.17, 15) is 34.5 Å². The van der Waals surface area contributed by atoms with Crippen molar-refractivity contribution in [3.8, 4) is 0 Å². The predicted octanol–water partition coefficient (Wildman–Crippen LogP) is 7.25. The number of aliphatic hydroxyl groups excluding tert-OH is 2. The van der Waals surface area contributed by atoms with Gasteiger partial charge in [-0.05, 0) is 114 Å². The molecule has 3 fully saturated rings. The molecule has 0 aromatic carbocycles. The SMILES string of the molecule is COC1CC2CCC(C)C(O)(O2)C(C)C(=O)N2CCCCC2C(=O)OC(C(C)CC2CCC(O)C(OC)C2)CC(=O)C(C)/C=C(\C)C(O)C(OC)C(=O)C(C)CC(C)/C=C/C=C/C=C/1C. The number of methoxy groups -OCH3 is 3. The Balaban J connectivity index is 1.70. The first-order chi connectivity index (χ1) is 30.7. The van der Waals surface area contributed by atoms with Crippen LogP contribution >= 0.6 is 0 Å². The number of rotatable bonds is 6. The number of nitrogens with zero attached hydrogens (tertiary/aromatic N) is 1. The van der Waals surface area contributed by atoms with Gasteiger partial charge >= 0.3 is 5.97 Å². The van der Waals surface area contributed by atoms with Gasteiger partial charge in [0.1, 0.15) is 30.1 Å². The Kier molecular flexibility index (Phi) is 21.3. The van der Waals surface area contributed by atoms with Gasteiger partial charge in [0.15, 0.2) is 11.6 Å². The van der Waals surface area contributed by atoms with Crippen LogP contribution in [0.15, 0.2) is 47.6 Å². The summed E-state index contributed by atoms with van der Waals surface area (Å²) in [6.07, 6.45) is 13.2. The number of hydrogen-bond acceptors (Lipinski definition) is 12. The molecule has 368 valence electrons. The molecule has 1 aliphatic carbocycles. The monoisotopic (exact) mass is 914 g/mol. The molecule has 0 radical (unpaired) electrons. The highest BCUT2D eigenvalue weighted by molar-refractivity contribution is 5.88. The van der Waals surface area contributed by atoms with Crippen LogP contribution in [0.3, 0.4) is 0 Å². The first-order valence-electron chi connectivity index (χ1n) is 24.4. The average Bonchev–Trinajstić information content (AvgIpc) is 3.28. The smallest absolute Gasteiger partial charge is 0.329 e. The van der Waals surface area contributed by atoms with Gasteiger partial charge in [0.2, 0.25) is 5.91 Å². The van der Waals surface area contributed by atoms with Gasteiger partial charge in [-0.25, -0.2) is 4.79 Å². The summed E-state index contributed by atoms with van der Waals surface area (Å²) in [6.45, 7) is 15.1. The second-order valence-electron chi connectivity index (χ2n) is 20.1. The highest BCUT2D eigenvalue weighted by Crippen LogP contribution is 2.41. The number of ether oxygens (including phenoxy) is 5. The molecule has 3 heterocycles. The molecule has 4 aliphatic rings. The summed E-state index contributed by atoms with van der Waals surface area (Å²) >= 11 is 0. The van der Waals surface area contributed by atoms with E-state index >= 15 is 0 Å². The van der Waals surface area contributed by atoms with Crippen molar-refractivity contribution in [2.24, 2.45) is 41.4 Å². The number of Topliss-reactive ketones (excluding diaryl/α,β-unsaturated/α-hetero) is 2. The van der Waals surface area contributed by atoms with Crippen molar-refractivity contribution in [2.75, 3.05) is 27.9 Å². The van der Waals surface area contributed by atoms with Gasteiger partial charge in [0.05, 0.1) is 30.3 Å². The number of fused-ring (bicyclic) bond motifs is 3. The molecule has 0 spiro atoms. The second-order valence-corrected chi connectivity index (χ2v) is 20.1. The Morgan fingerprint density at radius 3 is 2.25 bits per heavy atom. The Morgan fingerprint density at radius 2 is 1.57 bits per heavy atom. The van der Waals surface area contributed by atoms with Gasteiger partial charge < -0.3 is 43.9 Å². The fourth-order valence-corrected chi connectivity index (χ4v) is 10.6. The number of cyclic esters (lactones) is 1. The van der Waals surface area contributed by atoms with Crippen molar-refractivity contribution in [2.45, 2.75) is 187 Å². The van der Waals surface area contributed by atoms with Crippen LogP contribution < -0.4 is 0 Å². The number of ketones is 2. The summed E-state index contributed by atoms with van der Waals surface area (Å²) in [7, 11) is 4.63. The summed E-state index contributed by atoms with van der Waals surface area (Å²) in [6, 6.07) is -0.919. The number of carbonyl (C=O) groups excluding carboxylic acids is 4. The van der Waals surface area contributed by atoms with Gasteiger partial charge in [-0.2, -0.15) is 0 Å². The van der Waals surface area contributed by atoms with E-state index in [2.05, 4.69) is 0 Å². The first kappa shape index (κ1) is 54.6. The molecular weight excluding hydrogens is 831 g/mol. The molecule has 16 unspecified atom stereocenters. The molecule has 2 saturated heterocycles. The van der Waals surface area contributed by atoms with Gasteiger partial charge in [-0.1, -0.05) is 71.1 Å². The number of hydrogen-bond donors (Lipinski definition) is 3.